The van der Waals surface area contributed by atoms with Gasteiger partial charge in [0, 0.05) is 31.4 Å². The summed E-state index contributed by atoms with van der Waals surface area (Å²) in [6.45, 7) is 2.79. The van der Waals surface area contributed by atoms with Gasteiger partial charge in [0.15, 0.2) is 5.82 Å². The first-order chi connectivity index (χ1) is 10.7. The maximum absolute atomic E-state index is 13.8. The zero-order valence-electron chi connectivity index (χ0n) is 12.6. The number of benzene rings is 1. The van der Waals surface area contributed by atoms with Gasteiger partial charge in [-0.05, 0) is 44.6 Å². The second-order valence-electron chi connectivity index (χ2n) is 5.71. The summed E-state index contributed by atoms with van der Waals surface area (Å²) in [5.41, 5.74) is 1.15. The van der Waals surface area contributed by atoms with Gasteiger partial charge in [-0.2, -0.15) is 5.10 Å². The first kappa shape index (κ1) is 15.1. The minimum atomic E-state index is -0.608. The van der Waals surface area contributed by atoms with Gasteiger partial charge in [0.25, 0.3) is 0 Å². The molecule has 118 valence electrons. The van der Waals surface area contributed by atoms with Gasteiger partial charge in [0.1, 0.15) is 11.5 Å². The first-order valence-electron chi connectivity index (χ1n) is 7.55. The fourth-order valence-corrected chi connectivity index (χ4v) is 2.91. The predicted molar refractivity (Wildman–Crippen MR) is 80.8 cm³/mol. The van der Waals surface area contributed by atoms with Gasteiger partial charge in [0.2, 0.25) is 0 Å². The van der Waals surface area contributed by atoms with Crippen molar-refractivity contribution in [1.82, 2.24) is 20.0 Å². The number of hydrogen-bond acceptors (Lipinski definition) is 3. The number of aromatic nitrogens is 2. The van der Waals surface area contributed by atoms with Crippen LogP contribution in [0.15, 0.2) is 30.5 Å². The van der Waals surface area contributed by atoms with Crippen molar-refractivity contribution in [2.45, 2.75) is 25.4 Å². The highest BCUT2D eigenvalue weighted by Gasteiger charge is 2.19. The zero-order valence-corrected chi connectivity index (χ0v) is 12.6. The Morgan fingerprint density at radius 1 is 1.32 bits per heavy atom. The van der Waals surface area contributed by atoms with Crippen LogP contribution in [0.4, 0.5) is 8.78 Å². The van der Waals surface area contributed by atoms with E-state index in [-0.39, 0.29) is 5.69 Å². The molecule has 1 aromatic carbocycles. The molecule has 1 unspecified atom stereocenters. The van der Waals surface area contributed by atoms with Gasteiger partial charge in [-0.3, -0.25) is 4.90 Å². The standard InChI is InChI=1S/C16H20F2N4/c1-19-13-3-2-7-21(10-13)11-14-6-8-22(20-14)16-5-4-12(17)9-15(16)18/h4-6,8-9,13,19H,2-3,7,10-11H2,1H3. The molecule has 0 aliphatic carbocycles. The summed E-state index contributed by atoms with van der Waals surface area (Å²) in [6, 6.07) is 5.91. The second-order valence-corrected chi connectivity index (χ2v) is 5.71. The summed E-state index contributed by atoms with van der Waals surface area (Å²) < 4.78 is 28.2. The summed E-state index contributed by atoms with van der Waals surface area (Å²) in [7, 11) is 1.99. The van der Waals surface area contributed by atoms with Crippen LogP contribution in [0.2, 0.25) is 0 Å². The van der Waals surface area contributed by atoms with E-state index in [9.17, 15) is 8.78 Å². The molecule has 0 saturated carbocycles. The van der Waals surface area contributed by atoms with Crippen LogP contribution in [0, 0.1) is 11.6 Å². The molecule has 22 heavy (non-hydrogen) atoms. The van der Waals surface area contributed by atoms with Crippen molar-refractivity contribution < 1.29 is 8.78 Å². The van der Waals surface area contributed by atoms with Crippen molar-refractivity contribution in [1.29, 1.82) is 0 Å². The molecule has 0 amide bonds. The van der Waals surface area contributed by atoms with Crippen molar-refractivity contribution in [3.63, 3.8) is 0 Å². The molecule has 3 rings (SSSR count). The topological polar surface area (TPSA) is 33.1 Å². The van der Waals surface area contributed by atoms with Crippen LogP contribution in [-0.2, 0) is 6.54 Å². The van der Waals surface area contributed by atoms with Crippen LogP contribution < -0.4 is 5.32 Å². The van der Waals surface area contributed by atoms with E-state index in [4.69, 9.17) is 0 Å². The summed E-state index contributed by atoms with van der Waals surface area (Å²) >= 11 is 0. The van der Waals surface area contributed by atoms with Crippen LogP contribution in [0.5, 0.6) is 0 Å². The Morgan fingerprint density at radius 3 is 2.95 bits per heavy atom. The average Bonchev–Trinajstić information content (AvgIpc) is 2.95. The van der Waals surface area contributed by atoms with E-state index in [1.807, 2.05) is 13.1 Å². The Morgan fingerprint density at radius 2 is 2.18 bits per heavy atom. The summed E-state index contributed by atoms with van der Waals surface area (Å²) in [6.07, 6.45) is 4.08. The molecule has 0 bridgehead atoms. The van der Waals surface area contributed by atoms with E-state index in [1.165, 1.54) is 29.7 Å². The SMILES string of the molecule is CNC1CCCN(Cc2ccn(-c3ccc(F)cc3F)n2)C1. The molecule has 0 radical (unpaired) electrons. The molecule has 0 spiro atoms. The van der Waals surface area contributed by atoms with Gasteiger partial charge in [0.05, 0.1) is 5.69 Å². The number of likely N-dealkylation sites (N-methyl/N-ethyl adjacent to an activating group) is 1. The molecular weight excluding hydrogens is 286 g/mol. The molecule has 1 fully saturated rings. The largest absolute Gasteiger partial charge is 0.316 e. The quantitative estimate of drug-likeness (QED) is 0.941. The van der Waals surface area contributed by atoms with E-state index in [2.05, 4.69) is 15.3 Å². The number of likely N-dealkylation sites (tertiary alicyclic amines) is 1. The smallest absolute Gasteiger partial charge is 0.151 e. The third-order valence-corrected chi connectivity index (χ3v) is 4.10. The van der Waals surface area contributed by atoms with Crippen LogP contribution >= 0.6 is 0 Å². The lowest BCUT2D eigenvalue weighted by atomic mass is 10.1. The fraction of sp³-hybridized carbons (Fsp3) is 0.438. The highest BCUT2D eigenvalue weighted by molar-refractivity contribution is 5.33. The van der Waals surface area contributed by atoms with E-state index in [0.29, 0.717) is 6.04 Å². The molecule has 1 atom stereocenters. The molecule has 4 nitrogen and oxygen atoms in total. The Labute approximate surface area is 128 Å². The number of hydrogen-bond donors (Lipinski definition) is 1. The van der Waals surface area contributed by atoms with Crippen molar-refractivity contribution >= 4 is 0 Å². The van der Waals surface area contributed by atoms with Crippen molar-refractivity contribution in [3.05, 3.63) is 47.8 Å². The van der Waals surface area contributed by atoms with E-state index in [0.717, 1.165) is 31.4 Å². The van der Waals surface area contributed by atoms with E-state index in [1.54, 1.807) is 6.20 Å². The molecule has 1 aromatic heterocycles. The molecule has 6 heteroatoms. The Bertz CT molecular complexity index is 641. The van der Waals surface area contributed by atoms with Crippen LogP contribution in [-0.4, -0.2) is 40.9 Å². The van der Waals surface area contributed by atoms with Crippen LogP contribution in [0.3, 0.4) is 0 Å². The molecule has 1 saturated heterocycles. The molecular formula is C16H20F2N4. The van der Waals surface area contributed by atoms with Crippen LogP contribution in [0.25, 0.3) is 5.69 Å². The maximum atomic E-state index is 13.8. The lowest BCUT2D eigenvalue weighted by Gasteiger charge is -2.31. The number of nitrogens with one attached hydrogen (secondary N) is 1. The lowest BCUT2D eigenvalue weighted by Crippen LogP contribution is -2.43. The van der Waals surface area contributed by atoms with Gasteiger partial charge >= 0.3 is 0 Å². The number of piperidine rings is 1. The van der Waals surface area contributed by atoms with Gasteiger partial charge in [-0.15, -0.1) is 0 Å². The monoisotopic (exact) mass is 306 g/mol. The Kier molecular flexibility index (Phi) is 4.49. The first-order valence-corrected chi connectivity index (χ1v) is 7.55. The summed E-state index contributed by atoms with van der Waals surface area (Å²) in [5, 5.41) is 7.72. The van der Waals surface area contributed by atoms with Crippen molar-refractivity contribution in [2.75, 3.05) is 20.1 Å². The molecule has 1 aliphatic heterocycles. The zero-order chi connectivity index (χ0) is 15.5. The minimum absolute atomic E-state index is 0.263. The lowest BCUT2D eigenvalue weighted by molar-refractivity contribution is 0.186. The highest BCUT2D eigenvalue weighted by Crippen LogP contribution is 2.16. The molecule has 2 aromatic rings. The normalized spacial score (nSPS) is 19.5. The number of halogens is 2. The summed E-state index contributed by atoms with van der Waals surface area (Å²) in [4.78, 5) is 2.35. The van der Waals surface area contributed by atoms with Gasteiger partial charge in [-0.25, -0.2) is 13.5 Å². The maximum Gasteiger partial charge on any atom is 0.151 e. The third-order valence-electron chi connectivity index (χ3n) is 4.10. The van der Waals surface area contributed by atoms with Gasteiger partial charge in [-0.1, -0.05) is 0 Å². The Balaban J connectivity index is 1.71. The van der Waals surface area contributed by atoms with E-state index >= 15 is 0 Å². The van der Waals surface area contributed by atoms with Crippen LogP contribution in [0.1, 0.15) is 18.5 Å². The average molecular weight is 306 g/mol. The van der Waals surface area contributed by atoms with E-state index < -0.39 is 11.6 Å². The fourth-order valence-electron chi connectivity index (χ4n) is 2.91. The summed E-state index contributed by atoms with van der Waals surface area (Å²) in [5.74, 6) is -1.19. The van der Waals surface area contributed by atoms with Gasteiger partial charge < -0.3 is 5.32 Å². The minimum Gasteiger partial charge on any atom is -0.316 e. The van der Waals surface area contributed by atoms with Crippen molar-refractivity contribution in [3.8, 4) is 5.69 Å². The number of rotatable bonds is 4. The highest BCUT2D eigenvalue weighted by atomic mass is 19.1. The third kappa shape index (κ3) is 3.34. The molecule has 1 aliphatic rings. The number of nitrogens with zero attached hydrogens (tertiary/aromatic N) is 3. The molecule has 2 heterocycles. The second kappa shape index (κ2) is 6.54. The molecule has 1 N–H and O–H groups in total. The Hall–Kier alpha value is -1.79. The van der Waals surface area contributed by atoms with Crippen molar-refractivity contribution in [2.24, 2.45) is 0 Å². The predicted octanol–water partition coefficient (Wildman–Crippen LogP) is 2.33.